The van der Waals surface area contributed by atoms with Crippen LogP contribution < -0.4 is 4.74 Å². The van der Waals surface area contributed by atoms with Gasteiger partial charge in [0.2, 0.25) is 5.82 Å². The molecule has 0 amide bonds. The zero-order chi connectivity index (χ0) is 21.0. The third kappa shape index (κ3) is 4.81. The quantitative estimate of drug-likeness (QED) is 0.577. The molecule has 3 nitrogen and oxygen atoms in total. The first-order valence-electron chi connectivity index (χ1n) is 9.57. The minimum absolute atomic E-state index is 0.0358. The Morgan fingerprint density at radius 2 is 1.90 bits per heavy atom. The zero-order valence-electron chi connectivity index (χ0n) is 16.5. The SMILES string of the molecule is CCc1ccc(C2SC=CC2(C)COc2ccc(CCC(=O)O)c(F)c2F)cc1. The van der Waals surface area contributed by atoms with Gasteiger partial charge in [-0.2, -0.15) is 4.39 Å². The van der Waals surface area contributed by atoms with E-state index in [2.05, 4.69) is 31.2 Å². The van der Waals surface area contributed by atoms with Gasteiger partial charge in [-0.3, -0.25) is 4.79 Å². The molecule has 154 valence electrons. The normalized spacial score (nSPS) is 20.8. The number of halogens is 2. The smallest absolute Gasteiger partial charge is 0.303 e. The lowest BCUT2D eigenvalue weighted by Crippen LogP contribution is -2.27. The Balaban J connectivity index is 1.72. The van der Waals surface area contributed by atoms with E-state index < -0.39 is 17.6 Å². The summed E-state index contributed by atoms with van der Waals surface area (Å²) in [6, 6.07) is 11.2. The number of carbonyl (C=O) groups is 1. The minimum atomic E-state index is -1.07. The van der Waals surface area contributed by atoms with Crippen LogP contribution in [-0.4, -0.2) is 17.7 Å². The first-order valence-corrected chi connectivity index (χ1v) is 10.5. The van der Waals surface area contributed by atoms with Crippen LogP contribution >= 0.6 is 11.8 Å². The number of thioether (sulfide) groups is 1. The summed E-state index contributed by atoms with van der Waals surface area (Å²) >= 11 is 1.69. The fraction of sp³-hybridized carbons (Fsp3) is 0.348. The van der Waals surface area contributed by atoms with Crippen LogP contribution in [0.1, 0.15) is 42.2 Å². The Morgan fingerprint density at radius 3 is 2.55 bits per heavy atom. The molecule has 1 heterocycles. The van der Waals surface area contributed by atoms with Crippen LogP contribution in [0.5, 0.6) is 5.75 Å². The summed E-state index contributed by atoms with van der Waals surface area (Å²) in [4.78, 5) is 10.7. The predicted molar refractivity (Wildman–Crippen MR) is 111 cm³/mol. The number of hydrogen-bond donors (Lipinski definition) is 1. The number of ether oxygens (including phenoxy) is 1. The summed E-state index contributed by atoms with van der Waals surface area (Å²) in [5.41, 5.74) is 2.10. The van der Waals surface area contributed by atoms with E-state index in [0.717, 1.165) is 6.42 Å². The highest BCUT2D eigenvalue weighted by molar-refractivity contribution is 8.02. The van der Waals surface area contributed by atoms with E-state index >= 15 is 0 Å². The van der Waals surface area contributed by atoms with Gasteiger partial charge in [-0.1, -0.05) is 50.3 Å². The van der Waals surface area contributed by atoms with Gasteiger partial charge in [0, 0.05) is 17.1 Å². The number of hydrogen-bond acceptors (Lipinski definition) is 3. The maximum Gasteiger partial charge on any atom is 0.303 e. The fourth-order valence-corrected chi connectivity index (χ4v) is 4.70. The number of aliphatic carboxylic acids is 1. The Hall–Kier alpha value is -2.34. The molecule has 0 aromatic heterocycles. The van der Waals surface area contributed by atoms with Crippen molar-refractivity contribution in [2.24, 2.45) is 5.41 Å². The second-order valence-electron chi connectivity index (χ2n) is 7.45. The van der Waals surface area contributed by atoms with Crippen LogP contribution in [0.15, 0.2) is 47.9 Å². The molecule has 0 bridgehead atoms. The molecule has 0 fully saturated rings. The second kappa shape index (κ2) is 8.99. The van der Waals surface area contributed by atoms with Crippen molar-refractivity contribution in [3.63, 3.8) is 0 Å². The molecule has 1 N–H and O–H groups in total. The van der Waals surface area contributed by atoms with Crippen LogP contribution in [-0.2, 0) is 17.6 Å². The van der Waals surface area contributed by atoms with E-state index in [-0.39, 0.29) is 41.4 Å². The largest absolute Gasteiger partial charge is 0.489 e. The zero-order valence-corrected chi connectivity index (χ0v) is 17.3. The molecule has 1 aliphatic heterocycles. The standard InChI is InChI=1S/C23H24F2O3S/c1-3-15-4-6-17(7-5-15)22-23(2,12-13-29-22)14-28-18-10-8-16(9-11-19(26)27)20(24)21(18)25/h4-8,10,12-13,22H,3,9,11,14H2,1-2H3,(H,26,27). The highest BCUT2D eigenvalue weighted by Crippen LogP contribution is 2.51. The Bertz CT molecular complexity index is 911. The van der Waals surface area contributed by atoms with Gasteiger partial charge in [-0.05, 0) is 41.0 Å². The molecule has 2 unspecified atom stereocenters. The molecule has 0 saturated carbocycles. The fourth-order valence-electron chi connectivity index (χ4n) is 3.38. The average Bonchev–Trinajstić information content (AvgIpc) is 3.10. The van der Waals surface area contributed by atoms with Crippen molar-refractivity contribution >= 4 is 17.7 Å². The molecule has 0 aliphatic carbocycles. The van der Waals surface area contributed by atoms with Crippen LogP contribution in [0.4, 0.5) is 8.78 Å². The van der Waals surface area contributed by atoms with Crippen LogP contribution in [0, 0.1) is 17.0 Å². The van der Waals surface area contributed by atoms with Gasteiger partial charge in [0.1, 0.15) is 0 Å². The van der Waals surface area contributed by atoms with Crippen LogP contribution in [0.3, 0.4) is 0 Å². The second-order valence-corrected chi connectivity index (χ2v) is 8.47. The molecule has 2 aromatic rings. The Kier molecular flexibility index (Phi) is 6.63. The van der Waals surface area contributed by atoms with Gasteiger partial charge in [-0.15, -0.1) is 11.8 Å². The number of benzene rings is 2. The van der Waals surface area contributed by atoms with E-state index in [9.17, 15) is 13.6 Å². The first kappa shape index (κ1) is 21.4. The monoisotopic (exact) mass is 418 g/mol. The van der Waals surface area contributed by atoms with Crippen molar-refractivity contribution in [2.75, 3.05) is 6.61 Å². The Morgan fingerprint density at radius 1 is 1.17 bits per heavy atom. The van der Waals surface area contributed by atoms with Gasteiger partial charge in [-0.25, -0.2) is 4.39 Å². The summed E-state index contributed by atoms with van der Waals surface area (Å²) in [5, 5.41) is 10.9. The van der Waals surface area contributed by atoms with Crippen molar-refractivity contribution < 1.29 is 23.4 Å². The van der Waals surface area contributed by atoms with Gasteiger partial charge in [0.25, 0.3) is 0 Å². The highest BCUT2D eigenvalue weighted by atomic mass is 32.2. The van der Waals surface area contributed by atoms with E-state index in [1.807, 2.05) is 18.4 Å². The van der Waals surface area contributed by atoms with Crippen molar-refractivity contribution in [2.45, 2.75) is 38.4 Å². The van der Waals surface area contributed by atoms with Crippen LogP contribution in [0.25, 0.3) is 0 Å². The molecule has 3 rings (SSSR count). The molecule has 0 spiro atoms. The summed E-state index contributed by atoms with van der Waals surface area (Å²) in [7, 11) is 0. The van der Waals surface area contributed by atoms with Crippen molar-refractivity contribution in [1.29, 1.82) is 0 Å². The van der Waals surface area contributed by atoms with Crippen molar-refractivity contribution in [3.05, 3.63) is 76.2 Å². The van der Waals surface area contributed by atoms with E-state index in [0.29, 0.717) is 0 Å². The third-order valence-electron chi connectivity index (χ3n) is 5.23. The van der Waals surface area contributed by atoms with Crippen molar-refractivity contribution in [1.82, 2.24) is 0 Å². The van der Waals surface area contributed by atoms with Crippen LogP contribution in [0.2, 0.25) is 0 Å². The molecule has 1 aliphatic rings. The van der Waals surface area contributed by atoms with Gasteiger partial charge < -0.3 is 9.84 Å². The van der Waals surface area contributed by atoms with Gasteiger partial charge >= 0.3 is 5.97 Å². The number of carboxylic acids is 1. The Labute approximate surface area is 173 Å². The maximum atomic E-state index is 14.4. The number of carboxylic acid groups (broad SMARTS) is 1. The minimum Gasteiger partial charge on any atom is -0.489 e. The lowest BCUT2D eigenvalue weighted by molar-refractivity contribution is -0.136. The highest BCUT2D eigenvalue weighted by Gasteiger charge is 2.38. The van der Waals surface area contributed by atoms with E-state index in [4.69, 9.17) is 9.84 Å². The molecular formula is C23H24F2O3S. The third-order valence-corrected chi connectivity index (χ3v) is 6.60. The van der Waals surface area contributed by atoms with E-state index in [1.165, 1.54) is 23.3 Å². The number of rotatable bonds is 8. The number of aryl methyl sites for hydroxylation is 2. The van der Waals surface area contributed by atoms with Gasteiger partial charge in [0.05, 0.1) is 6.61 Å². The summed E-state index contributed by atoms with van der Waals surface area (Å²) in [6.45, 7) is 4.35. The predicted octanol–water partition coefficient (Wildman–Crippen LogP) is 5.93. The molecule has 29 heavy (non-hydrogen) atoms. The summed E-state index contributed by atoms with van der Waals surface area (Å²) in [5.74, 6) is -3.33. The lowest BCUT2D eigenvalue weighted by atomic mass is 9.84. The lowest BCUT2D eigenvalue weighted by Gasteiger charge is -2.30. The molecule has 0 saturated heterocycles. The van der Waals surface area contributed by atoms with Crippen molar-refractivity contribution in [3.8, 4) is 5.75 Å². The first-order chi connectivity index (χ1) is 13.8. The molecular weight excluding hydrogens is 394 g/mol. The average molecular weight is 419 g/mol. The molecule has 0 radical (unpaired) electrons. The molecule has 2 atom stereocenters. The topological polar surface area (TPSA) is 46.5 Å². The van der Waals surface area contributed by atoms with Gasteiger partial charge in [0.15, 0.2) is 11.6 Å². The maximum absolute atomic E-state index is 14.4. The summed E-state index contributed by atoms with van der Waals surface area (Å²) < 4.78 is 34.4. The molecule has 6 heteroatoms. The van der Waals surface area contributed by atoms with E-state index in [1.54, 1.807) is 11.8 Å². The molecule has 2 aromatic carbocycles. The summed E-state index contributed by atoms with van der Waals surface area (Å²) in [6.07, 6.45) is 2.70.